The van der Waals surface area contributed by atoms with Crippen molar-refractivity contribution in [3.63, 3.8) is 0 Å². The van der Waals surface area contributed by atoms with Crippen LogP contribution >= 0.6 is 0 Å². The van der Waals surface area contributed by atoms with Crippen molar-refractivity contribution < 1.29 is 30.9 Å². The van der Waals surface area contributed by atoms with E-state index in [-0.39, 0.29) is 47.4 Å². The fourth-order valence-corrected chi connectivity index (χ4v) is 7.02. The first-order chi connectivity index (χ1) is 20.0. The van der Waals surface area contributed by atoms with E-state index >= 15 is 0 Å². The number of nitrogens with zero attached hydrogens (tertiary/aromatic N) is 7. The lowest BCUT2D eigenvalue weighted by Gasteiger charge is -2.15. The number of anilines is 3. The van der Waals surface area contributed by atoms with Gasteiger partial charge in [-0.25, -0.2) is 32.8 Å². The van der Waals surface area contributed by atoms with Crippen LogP contribution < -0.4 is 16.4 Å². The second kappa shape index (κ2) is 8.88. The van der Waals surface area contributed by atoms with Crippen molar-refractivity contribution in [2.24, 2.45) is 0 Å². The predicted octanol–water partition coefficient (Wildman–Crippen LogP) is 3.31. The lowest BCUT2D eigenvalue weighted by Crippen LogP contribution is -2.28. The molecular weight excluding hydrogens is 581 g/mol. The molecule has 0 aromatic carbocycles. The molecule has 42 heavy (non-hydrogen) atoms. The SMILES string of the molecule is Nc1ncnc2c1c(-c1ccc(NC(=O)Nc3cc(C4(C(F)(F)F)CC4)on3)c3nccn13)nn2C1CCS(=O)(=O)C1. The Balaban J connectivity index is 1.19. The highest BCUT2D eigenvalue weighted by Crippen LogP contribution is 2.59. The highest BCUT2D eigenvalue weighted by atomic mass is 32.2. The summed E-state index contributed by atoms with van der Waals surface area (Å²) in [7, 11) is -3.21. The van der Waals surface area contributed by atoms with E-state index in [1.165, 1.54) is 12.5 Å². The molecule has 218 valence electrons. The van der Waals surface area contributed by atoms with Crippen molar-refractivity contribution >= 4 is 49.9 Å². The van der Waals surface area contributed by atoms with Gasteiger partial charge in [-0.1, -0.05) is 5.16 Å². The quantitative estimate of drug-likeness (QED) is 0.269. The van der Waals surface area contributed by atoms with Crippen molar-refractivity contribution in [1.82, 2.24) is 34.3 Å². The van der Waals surface area contributed by atoms with Crippen LogP contribution in [0.2, 0.25) is 0 Å². The maximum absolute atomic E-state index is 13.4. The van der Waals surface area contributed by atoms with Gasteiger partial charge in [-0.05, 0) is 31.4 Å². The molecule has 2 amide bonds. The molecule has 0 bridgehead atoms. The molecule has 1 saturated carbocycles. The van der Waals surface area contributed by atoms with Gasteiger partial charge < -0.3 is 15.6 Å². The fraction of sp³-hybridized carbons (Fsp3) is 0.333. The first-order valence-electron chi connectivity index (χ1n) is 12.7. The van der Waals surface area contributed by atoms with Gasteiger partial charge in [0, 0.05) is 18.5 Å². The number of rotatable bonds is 5. The van der Waals surface area contributed by atoms with Gasteiger partial charge in [-0.2, -0.15) is 18.3 Å². The number of carbonyl (C=O) groups excluding carboxylic acids is 1. The number of fused-ring (bicyclic) bond motifs is 2. The summed E-state index contributed by atoms with van der Waals surface area (Å²) in [6, 6.07) is 3.09. The molecule has 2 fully saturated rings. The van der Waals surface area contributed by atoms with Crippen molar-refractivity contribution in [2.45, 2.75) is 36.9 Å². The zero-order chi connectivity index (χ0) is 29.4. The van der Waals surface area contributed by atoms with E-state index in [2.05, 4.69) is 30.7 Å². The van der Waals surface area contributed by atoms with Crippen LogP contribution in [0.3, 0.4) is 0 Å². The Kier molecular flexibility index (Phi) is 5.53. The zero-order valence-electron chi connectivity index (χ0n) is 21.5. The van der Waals surface area contributed by atoms with E-state index in [4.69, 9.17) is 15.4 Å². The van der Waals surface area contributed by atoms with Crippen LogP contribution in [0.25, 0.3) is 28.1 Å². The summed E-state index contributed by atoms with van der Waals surface area (Å²) in [4.78, 5) is 25.5. The standard InChI is InChI=1S/C24H21F3N10O4S/c25-24(26,27)23(4-5-23)15-9-16(35-41-15)33-22(38)32-13-1-2-14(36-7-6-29-20(13)36)18-17-19(28)30-11-31-21(17)37(34-18)12-3-8-42(39,40)10-12/h1-2,6-7,9,11-12H,3-5,8,10H2,(H2,28,30,31)(H2,32,33,35,38). The van der Waals surface area contributed by atoms with Crippen molar-refractivity contribution in [3.05, 3.63) is 42.7 Å². The van der Waals surface area contributed by atoms with E-state index in [0.717, 1.165) is 6.07 Å². The van der Waals surface area contributed by atoms with Gasteiger partial charge in [-0.3, -0.25) is 9.72 Å². The lowest BCUT2D eigenvalue weighted by atomic mass is 10.0. The maximum atomic E-state index is 13.4. The number of nitrogens with one attached hydrogen (secondary N) is 2. The average molecular weight is 603 g/mol. The summed E-state index contributed by atoms with van der Waals surface area (Å²) in [6.07, 6.45) is 0.111. The third-order valence-electron chi connectivity index (χ3n) is 7.63. The van der Waals surface area contributed by atoms with Gasteiger partial charge in [-0.15, -0.1) is 0 Å². The molecule has 1 aliphatic heterocycles. The molecule has 18 heteroatoms. The van der Waals surface area contributed by atoms with Gasteiger partial charge in [0.25, 0.3) is 0 Å². The number of aromatic nitrogens is 7. The highest BCUT2D eigenvalue weighted by molar-refractivity contribution is 7.91. The number of pyridine rings is 1. The van der Waals surface area contributed by atoms with Gasteiger partial charge in [0.1, 0.15) is 23.3 Å². The Labute approximate surface area is 234 Å². The number of urea groups is 1. The van der Waals surface area contributed by atoms with Gasteiger partial charge in [0.15, 0.2) is 32.7 Å². The molecule has 1 aliphatic carbocycles. The smallest absolute Gasteiger partial charge is 0.383 e. The predicted molar refractivity (Wildman–Crippen MR) is 142 cm³/mol. The number of sulfone groups is 1. The summed E-state index contributed by atoms with van der Waals surface area (Å²) in [5.41, 5.74) is 6.04. The summed E-state index contributed by atoms with van der Waals surface area (Å²) in [5.74, 6) is -0.397. The Morgan fingerprint density at radius 2 is 1.95 bits per heavy atom. The Hall–Kier alpha value is -4.74. The van der Waals surface area contributed by atoms with Crippen LogP contribution in [-0.2, 0) is 15.3 Å². The van der Waals surface area contributed by atoms with E-state index in [9.17, 15) is 26.4 Å². The number of nitrogen functional groups attached to an aromatic ring is 1. The number of hydrogen-bond donors (Lipinski definition) is 3. The molecule has 5 aromatic rings. The molecule has 0 spiro atoms. The maximum Gasteiger partial charge on any atom is 0.401 e. The molecule has 6 heterocycles. The summed E-state index contributed by atoms with van der Waals surface area (Å²) in [6.45, 7) is 0. The number of halogens is 3. The van der Waals surface area contributed by atoms with Crippen molar-refractivity contribution in [3.8, 4) is 11.4 Å². The minimum atomic E-state index is -4.48. The van der Waals surface area contributed by atoms with Gasteiger partial charge in [0.2, 0.25) is 0 Å². The first-order valence-corrected chi connectivity index (χ1v) is 14.6. The monoisotopic (exact) mass is 602 g/mol. The number of imidazole rings is 1. The highest BCUT2D eigenvalue weighted by Gasteiger charge is 2.67. The van der Waals surface area contributed by atoms with Crippen LogP contribution in [0.15, 0.2) is 41.4 Å². The van der Waals surface area contributed by atoms with Gasteiger partial charge in [0.05, 0.1) is 34.3 Å². The van der Waals surface area contributed by atoms with Crippen LogP contribution in [-0.4, -0.2) is 66.4 Å². The van der Waals surface area contributed by atoms with Crippen LogP contribution in [0.4, 0.5) is 35.3 Å². The summed E-state index contributed by atoms with van der Waals surface area (Å²) in [5, 5.41) is 13.7. The van der Waals surface area contributed by atoms with Gasteiger partial charge >= 0.3 is 12.2 Å². The van der Waals surface area contributed by atoms with Crippen molar-refractivity contribution in [2.75, 3.05) is 27.9 Å². The molecular formula is C24H21F3N10O4S. The van der Waals surface area contributed by atoms with E-state index in [1.54, 1.807) is 27.4 Å². The minimum Gasteiger partial charge on any atom is -0.383 e. The third kappa shape index (κ3) is 4.12. The first kappa shape index (κ1) is 26.2. The van der Waals surface area contributed by atoms with Crippen LogP contribution in [0.1, 0.15) is 31.1 Å². The topological polar surface area (TPSA) is 188 Å². The number of alkyl halides is 3. The van der Waals surface area contributed by atoms with E-state index in [1.807, 2.05) is 0 Å². The number of amides is 2. The molecule has 0 radical (unpaired) electrons. The third-order valence-corrected chi connectivity index (χ3v) is 9.38. The van der Waals surface area contributed by atoms with Crippen molar-refractivity contribution in [1.29, 1.82) is 0 Å². The second-order valence-corrected chi connectivity index (χ2v) is 12.5. The lowest BCUT2D eigenvalue weighted by molar-refractivity contribution is -0.165. The molecule has 1 unspecified atom stereocenters. The molecule has 1 saturated heterocycles. The van der Waals surface area contributed by atoms with Crippen LogP contribution in [0.5, 0.6) is 0 Å². The Bertz CT molecular complexity index is 1990. The summed E-state index contributed by atoms with van der Waals surface area (Å²) < 4.78 is 72.6. The largest absolute Gasteiger partial charge is 0.401 e. The molecule has 2 aliphatic rings. The van der Waals surface area contributed by atoms with E-state index in [0.29, 0.717) is 34.5 Å². The second-order valence-electron chi connectivity index (χ2n) is 10.3. The molecule has 5 aromatic heterocycles. The van der Waals surface area contributed by atoms with E-state index < -0.39 is 33.5 Å². The number of nitrogens with two attached hydrogens (primary N) is 1. The Morgan fingerprint density at radius 3 is 2.67 bits per heavy atom. The molecule has 14 nitrogen and oxygen atoms in total. The molecule has 7 rings (SSSR count). The molecule has 1 atom stereocenters. The normalized spacial score (nSPS) is 19.4. The number of hydrogen-bond acceptors (Lipinski definition) is 10. The molecule has 4 N–H and O–H groups in total. The minimum absolute atomic E-state index is 0.0436. The zero-order valence-corrected chi connectivity index (χ0v) is 22.3. The summed E-state index contributed by atoms with van der Waals surface area (Å²) >= 11 is 0. The Morgan fingerprint density at radius 1 is 1.14 bits per heavy atom. The number of carbonyl (C=O) groups is 1. The van der Waals surface area contributed by atoms with Crippen LogP contribution in [0, 0.1) is 0 Å². The average Bonchev–Trinajstić information content (AvgIpc) is 3.28. The fourth-order valence-electron chi connectivity index (χ4n) is 5.33.